The van der Waals surface area contributed by atoms with Crippen LogP contribution >= 0.6 is 11.3 Å². The predicted octanol–water partition coefficient (Wildman–Crippen LogP) is 2.45. The zero-order valence-electron chi connectivity index (χ0n) is 11.7. The number of thiophene rings is 1. The first-order chi connectivity index (χ1) is 9.32. The monoisotopic (exact) mass is 300 g/mol. The Morgan fingerprint density at radius 2 is 2.15 bits per heavy atom. The first-order valence-electron chi connectivity index (χ1n) is 6.72. The zero-order chi connectivity index (χ0) is 14.9. The summed E-state index contributed by atoms with van der Waals surface area (Å²) in [6.45, 7) is 1.97. The molecule has 1 fully saturated rings. The molecule has 112 valence electrons. The van der Waals surface area contributed by atoms with Crippen LogP contribution < -0.4 is 4.90 Å². The van der Waals surface area contributed by atoms with E-state index in [-0.39, 0.29) is 5.69 Å². The van der Waals surface area contributed by atoms with E-state index in [1.54, 1.807) is 18.9 Å². The van der Waals surface area contributed by atoms with E-state index in [2.05, 4.69) is 0 Å². The maximum Gasteiger partial charge on any atom is 0.304 e. The fourth-order valence-electron chi connectivity index (χ4n) is 2.70. The van der Waals surface area contributed by atoms with Gasteiger partial charge in [0.25, 0.3) is 0 Å². The van der Waals surface area contributed by atoms with E-state index in [1.807, 2.05) is 0 Å². The fraction of sp³-hybridized carbons (Fsp3) is 0.692. The molecule has 0 unspecified atom stereocenters. The highest BCUT2D eigenvalue weighted by molar-refractivity contribution is 7.16. The van der Waals surface area contributed by atoms with Gasteiger partial charge in [-0.1, -0.05) is 12.8 Å². The summed E-state index contributed by atoms with van der Waals surface area (Å²) in [5.74, 6) is 0. The van der Waals surface area contributed by atoms with Crippen molar-refractivity contribution in [2.75, 3.05) is 18.5 Å². The minimum atomic E-state index is -0.752. The lowest BCUT2D eigenvalue weighted by Gasteiger charge is -2.28. The van der Waals surface area contributed by atoms with E-state index in [1.165, 1.54) is 17.4 Å². The normalized spacial score (nSPS) is 19.0. The van der Waals surface area contributed by atoms with Crippen molar-refractivity contribution in [1.82, 2.24) is 0 Å². The molecular weight excluding hydrogens is 280 g/mol. The van der Waals surface area contributed by atoms with Gasteiger partial charge in [-0.05, 0) is 19.8 Å². The molecule has 2 N–H and O–H groups in total. The molecule has 7 heteroatoms. The molecule has 1 aromatic heterocycles. The number of nitro groups is 1. The van der Waals surface area contributed by atoms with Crippen molar-refractivity contribution < 1.29 is 15.1 Å². The maximum atomic E-state index is 11.1. The number of anilines is 1. The van der Waals surface area contributed by atoms with Crippen molar-refractivity contribution >= 4 is 22.0 Å². The second-order valence-electron chi connectivity index (χ2n) is 5.56. The van der Waals surface area contributed by atoms with Gasteiger partial charge in [-0.25, -0.2) is 0 Å². The second-order valence-corrected chi connectivity index (χ2v) is 6.62. The molecule has 2 rings (SSSR count). The van der Waals surface area contributed by atoms with Gasteiger partial charge in [0.2, 0.25) is 0 Å². The molecule has 0 saturated heterocycles. The quantitative estimate of drug-likeness (QED) is 0.644. The number of hydrogen-bond acceptors (Lipinski definition) is 6. The SMILES string of the molecule is C[C@@H](O)c1cc([N+](=O)[O-])c(N(C)CC2(O)CCCC2)s1. The third kappa shape index (κ3) is 3.11. The van der Waals surface area contributed by atoms with Crippen LogP contribution in [-0.2, 0) is 0 Å². The third-order valence-corrected chi connectivity index (χ3v) is 5.14. The highest BCUT2D eigenvalue weighted by atomic mass is 32.1. The van der Waals surface area contributed by atoms with Gasteiger partial charge in [0.05, 0.1) is 16.6 Å². The summed E-state index contributed by atoms with van der Waals surface area (Å²) >= 11 is 1.21. The summed E-state index contributed by atoms with van der Waals surface area (Å²) in [5.41, 5.74) is -0.757. The Hall–Kier alpha value is -1.18. The standard InChI is InChI=1S/C13H20N2O4S/c1-9(16)11-7-10(15(18)19)12(20-11)14(2)8-13(17)5-3-4-6-13/h7,9,16-17H,3-6,8H2,1-2H3/t9-/m1/s1. The topological polar surface area (TPSA) is 86.8 Å². The molecule has 0 amide bonds. The van der Waals surface area contributed by atoms with Gasteiger partial charge in [-0.2, -0.15) is 0 Å². The molecule has 1 aliphatic carbocycles. The Kier molecular flexibility index (Phi) is 4.31. The molecule has 1 aliphatic rings. The summed E-state index contributed by atoms with van der Waals surface area (Å²) in [5, 5.41) is 31.6. The van der Waals surface area contributed by atoms with Crippen LogP contribution in [0.5, 0.6) is 0 Å². The maximum absolute atomic E-state index is 11.1. The Balaban J connectivity index is 2.23. The molecule has 1 heterocycles. The molecule has 0 spiro atoms. The van der Waals surface area contributed by atoms with Gasteiger partial charge in [-0.3, -0.25) is 10.1 Å². The van der Waals surface area contributed by atoms with Crippen LogP contribution in [0.1, 0.15) is 43.6 Å². The molecule has 0 radical (unpaired) electrons. The molecule has 0 aliphatic heterocycles. The van der Waals surface area contributed by atoms with Gasteiger partial charge in [0, 0.05) is 24.5 Å². The number of nitrogens with zero attached hydrogens (tertiary/aromatic N) is 2. The highest BCUT2D eigenvalue weighted by Crippen LogP contribution is 2.41. The minimum absolute atomic E-state index is 0.00463. The number of aliphatic hydroxyl groups excluding tert-OH is 1. The smallest absolute Gasteiger partial charge is 0.304 e. The Morgan fingerprint density at radius 3 is 2.65 bits per heavy atom. The predicted molar refractivity (Wildman–Crippen MR) is 78.3 cm³/mol. The van der Waals surface area contributed by atoms with Gasteiger partial charge in [0.1, 0.15) is 0 Å². The van der Waals surface area contributed by atoms with Crippen molar-refractivity contribution in [3.8, 4) is 0 Å². The van der Waals surface area contributed by atoms with Crippen LogP contribution in [0.2, 0.25) is 0 Å². The van der Waals surface area contributed by atoms with Gasteiger partial charge < -0.3 is 15.1 Å². The molecule has 6 nitrogen and oxygen atoms in total. The molecule has 20 heavy (non-hydrogen) atoms. The van der Waals surface area contributed by atoms with Crippen LogP contribution in [0, 0.1) is 10.1 Å². The average Bonchev–Trinajstić information content (AvgIpc) is 2.95. The van der Waals surface area contributed by atoms with E-state index in [4.69, 9.17) is 0 Å². The highest BCUT2D eigenvalue weighted by Gasteiger charge is 2.34. The van der Waals surface area contributed by atoms with Crippen LogP contribution in [0.4, 0.5) is 10.7 Å². The lowest BCUT2D eigenvalue weighted by molar-refractivity contribution is -0.383. The Morgan fingerprint density at radius 1 is 1.55 bits per heavy atom. The molecule has 1 aromatic rings. The second kappa shape index (κ2) is 5.67. The van der Waals surface area contributed by atoms with Crippen LogP contribution in [-0.4, -0.2) is 34.3 Å². The van der Waals surface area contributed by atoms with Gasteiger partial charge >= 0.3 is 5.69 Å². The molecular formula is C13H20N2O4S. The van der Waals surface area contributed by atoms with E-state index in [0.717, 1.165) is 25.7 Å². The van der Waals surface area contributed by atoms with Crippen molar-refractivity contribution in [3.63, 3.8) is 0 Å². The molecule has 0 aromatic carbocycles. The van der Waals surface area contributed by atoms with Gasteiger partial charge in [-0.15, -0.1) is 11.3 Å². The summed E-state index contributed by atoms with van der Waals surface area (Å²) in [7, 11) is 1.75. The van der Waals surface area contributed by atoms with Crippen molar-refractivity contribution in [3.05, 3.63) is 21.1 Å². The van der Waals surface area contributed by atoms with Crippen LogP contribution in [0.15, 0.2) is 6.07 Å². The lowest BCUT2D eigenvalue weighted by Crippen LogP contribution is -2.39. The van der Waals surface area contributed by atoms with E-state index >= 15 is 0 Å². The first-order valence-corrected chi connectivity index (χ1v) is 7.54. The summed E-state index contributed by atoms with van der Waals surface area (Å²) in [4.78, 5) is 13.0. The number of hydrogen-bond donors (Lipinski definition) is 2. The van der Waals surface area contributed by atoms with E-state index in [0.29, 0.717) is 16.4 Å². The van der Waals surface area contributed by atoms with Crippen LogP contribution in [0.25, 0.3) is 0 Å². The van der Waals surface area contributed by atoms with Crippen molar-refractivity contribution in [2.24, 2.45) is 0 Å². The summed E-state index contributed by atoms with van der Waals surface area (Å²) in [6, 6.07) is 1.42. The summed E-state index contributed by atoms with van der Waals surface area (Å²) < 4.78 is 0. The molecule has 1 atom stereocenters. The zero-order valence-corrected chi connectivity index (χ0v) is 12.5. The minimum Gasteiger partial charge on any atom is -0.388 e. The van der Waals surface area contributed by atoms with E-state index in [9.17, 15) is 20.3 Å². The lowest BCUT2D eigenvalue weighted by atomic mass is 10.0. The average molecular weight is 300 g/mol. The Bertz CT molecular complexity index is 495. The summed E-state index contributed by atoms with van der Waals surface area (Å²) in [6.07, 6.45) is 2.74. The molecule has 1 saturated carbocycles. The van der Waals surface area contributed by atoms with Crippen molar-refractivity contribution in [2.45, 2.75) is 44.3 Å². The van der Waals surface area contributed by atoms with Crippen LogP contribution in [0.3, 0.4) is 0 Å². The molecule has 0 bridgehead atoms. The third-order valence-electron chi connectivity index (χ3n) is 3.73. The van der Waals surface area contributed by atoms with E-state index < -0.39 is 16.6 Å². The number of aliphatic hydroxyl groups is 2. The largest absolute Gasteiger partial charge is 0.388 e. The number of rotatable bonds is 5. The number of likely N-dealkylation sites (N-methyl/N-ethyl adjacent to an activating group) is 1. The Labute approximate surface area is 121 Å². The van der Waals surface area contributed by atoms with Crippen molar-refractivity contribution in [1.29, 1.82) is 0 Å². The van der Waals surface area contributed by atoms with Gasteiger partial charge in [0.15, 0.2) is 5.00 Å². The fourth-order valence-corrected chi connectivity index (χ4v) is 3.73. The first kappa shape index (κ1) is 15.2.